The number of carbonyl (C=O) groups excluding carboxylic acids is 2. The van der Waals surface area contributed by atoms with Crippen molar-refractivity contribution in [1.29, 1.82) is 5.26 Å². The lowest BCUT2D eigenvalue weighted by Crippen LogP contribution is -2.44. The van der Waals surface area contributed by atoms with E-state index in [2.05, 4.69) is 27.3 Å². The number of esters is 1. The van der Waals surface area contributed by atoms with E-state index in [0.29, 0.717) is 37.2 Å². The molecule has 3 rings (SSSR count). The molecule has 0 aliphatic carbocycles. The Balaban J connectivity index is 2.04. The van der Waals surface area contributed by atoms with Gasteiger partial charge in [-0.3, -0.25) is 9.59 Å². The number of ether oxygens (including phenoxy) is 2. The minimum atomic E-state index is -1.18. The zero-order valence-electron chi connectivity index (χ0n) is 16.6. The summed E-state index contributed by atoms with van der Waals surface area (Å²) in [7, 11) is 2.76. The standard InChI is InChI=1S/C22H18BrClN2O4S/c1-29-17-8-5-13(9-16(17)23)18-15(10-25)21(26-20(27)19(18)22(28)30-2)31-11-12-3-6-14(24)7-4-12/h3-9,18-19H,11H2,1-2H3,(H,26,27)/t18-,19+/m0/s1. The molecule has 160 valence electrons. The second-order valence-corrected chi connectivity index (χ2v) is 8.91. The number of thioether (sulfide) groups is 1. The molecule has 1 N–H and O–H groups in total. The van der Waals surface area contributed by atoms with Crippen LogP contribution in [0, 0.1) is 17.2 Å². The van der Waals surface area contributed by atoms with Gasteiger partial charge in [0.1, 0.15) is 11.7 Å². The highest BCUT2D eigenvalue weighted by molar-refractivity contribution is 9.10. The lowest BCUT2D eigenvalue weighted by Gasteiger charge is -2.31. The van der Waals surface area contributed by atoms with Gasteiger partial charge in [0.05, 0.1) is 35.4 Å². The highest BCUT2D eigenvalue weighted by Gasteiger charge is 2.44. The average Bonchev–Trinajstić information content (AvgIpc) is 2.77. The molecule has 0 spiro atoms. The molecule has 1 amide bonds. The Labute approximate surface area is 197 Å². The Bertz CT molecular complexity index is 1080. The largest absolute Gasteiger partial charge is 0.496 e. The zero-order valence-corrected chi connectivity index (χ0v) is 19.8. The number of nitrogens with zero attached hydrogens (tertiary/aromatic N) is 1. The van der Waals surface area contributed by atoms with E-state index in [1.54, 1.807) is 30.3 Å². The summed E-state index contributed by atoms with van der Waals surface area (Å²) in [6, 6.07) is 14.7. The van der Waals surface area contributed by atoms with E-state index >= 15 is 0 Å². The third-order valence-corrected chi connectivity index (χ3v) is 6.78. The molecule has 0 saturated carbocycles. The molecule has 9 heteroatoms. The highest BCUT2D eigenvalue weighted by atomic mass is 79.9. The molecule has 1 aliphatic rings. The summed E-state index contributed by atoms with van der Waals surface area (Å²) in [4.78, 5) is 25.4. The van der Waals surface area contributed by atoms with Gasteiger partial charge in [-0.1, -0.05) is 29.8 Å². The summed E-state index contributed by atoms with van der Waals surface area (Å²) in [5, 5.41) is 13.7. The predicted octanol–water partition coefficient (Wildman–Crippen LogP) is 4.78. The molecule has 0 unspecified atom stereocenters. The number of methoxy groups -OCH3 is 2. The summed E-state index contributed by atoms with van der Waals surface area (Å²) >= 11 is 10.7. The third-order valence-electron chi connectivity index (χ3n) is 4.82. The van der Waals surface area contributed by atoms with E-state index in [-0.39, 0.29) is 0 Å². The molecule has 0 aromatic heterocycles. The van der Waals surface area contributed by atoms with Crippen molar-refractivity contribution in [3.8, 4) is 11.8 Å². The van der Waals surface area contributed by atoms with Crippen LogP contribution in [0.15, 0.2) is 57.5 Å². The highest BCUT2D eigenvalue weighted by Crippen LogP contribution is 2.42. The Kier molecular flexibility index (Phi) is 7.65. The van der Waals surface area contributed by atoms with Crippen molar-refractivity contribution in [2.75, 3.05) is 14.2 Å². The van der Waals surface area contributed by atoms with Gasteiger partial charge in [-0.2, -0.15) is 5.26 Å². The van der Waals surface area contributed by atoms with Crippen molar-refractivity contribution in [3.63, 3.8) is 0 Å². The smallest absolute Gasteiger partial charge is 0.319 e. The van der Waals surface area contributed by atoms with Crippen molar-refractivity contribution >= 4 is 51.2 Å². The van der Waals surface area contributed by atoms with Crippen LogP contribution in [-0.4, -0.2) is 26.1 Å². The summed E-state index contributed by atoms with van der Waals surface area (Å²) in [5.74, 6) is -2.08. The Morgan fingerprint density at radius 2 is 1.97 bits per heavy atom. The maximum Gasteiger partial charge on any atom is 0.319 e. The van der Waals surface area contributed by atoms with Crippen LogP contribution in [-0.2, 0) is 20.1 Å². The molecule has 0 bridgehead atoms. The molecule has 2 atom stereocenters. The van der Waals surface area contributed by atoms with Crippen LogP contribution >= 0.6 is 39.3 Å². The number of hydrogen-bond donors (Lipinski definition) is 1. The lowest BCUT2D eigenvalue weighted by molar-refractivity contribution is -0.150. The maximum atomic E-state index is 12.9. The van der Waals surface area contributed by atoms with Gasteiger partial charge in [0, 0.05) is 16.7 Å². The quantitative estimate of drug-likeness (QED) is 0.435. The first-order valence-electron chi connectivity index (χ1n) is 9.13. The number of rotatable bonds is 6. The monoisotopic (exact) mass is 520 g/mol. The molecule has 1 heterocycles. The number of hydrogen-bond acceptors (Lipinski definition) is 6. The van der Waals surface area contributed by atoms with Crippen molar-refractivity contribution in [1.82, 2.24) is 5.32 Å². The van der Waals surface area contributed by atoms with E-state index in [0.717, 1.165) is 5.56 Å². The summed E-state index contributed by atoms with van der Waals surface area (Å²) in [6.45, 7) is 0. The van der Waals surface area contributed by atoms with Crippen LogP contribution < -0.4 is 10.1 Å². The van der Waals surface area contributed by atoms with E-state index in [9.17, 15) is 14.9 Å². The summed E-state index contributed by atoms with van der Waals surface area (Å²) < 4.78 is 10.8. The van der Waals surface area contributed by atoms with Gasteiger partial charge in [0.15, 0.2) is 0 Å². The number of benzene rings is 2. The molecular formula is C22H18BrClN2O4S. The molecule has 1 aliphatic heterocycles. The van der Waals surface area contributed by atoms with Gasteiger partial charge < -0.3 is 14.8 Å². The van der Waals surface area contributed by atoms with Crippen molar-refractivity contribution in [2.24, 2.45) is 5.92 Å². The van der Waals surface area contributed by atoms with Gasteiger partial charge in [0.25, 0.3) is 0 Å². The molecule has 0 fully saturated rings. The van der Waals surface area contributed by atoms with Gasteiger partial charge in [-0.15, -0.1) is 11.8 Å². The maximum absolute atomic E-state index is 12.9. The first-order chi connectivity index (χ1) is 14.9. The van der Waals surface area contributed by atoms with E-state index in [1.165, 1.54) is 26.0 Å². The average molecular weight is 522 g/mol. The van der Waals surface area contributed by atoms with Crippen molar-refractivity contribution in [3.05, 3.63) is 73.7 Å². The fourth-order valence-corrected chi connectivity index (χ4v) is 4.98. The Morgan fingerprint density at radius 3 is 2.55 bits per heavy atom. The second-order valence-electron chi connectivity index (χ2n) is 6.63. The van der Waals surface area contributed by atoms with Crippen LogP contribution in [0.5, 0.6) is 5.75 Å². The van der Waals surface area contributed by atoms with Crippen molar-refractivity contribution in [2.45, 2.75) is 11.7 Å². The minimum Gasteiger partial charge on any atom is -0.496 e. The number of nitriles is 1. The predicted molar refractivity (Wildman–Crippen MR) is 122 cm³/mol. The number of nitrogens with one attached hydrogen (secondary N) is 1. The van der Waals surface area contributed by atoms with Crippen LogP contribution in [0.1, 0.15) is 17.0 Å². The van der Waals surface area contributed by atoms with E-state index in [1.807, 2.05) is 12.1 Å². The molecular weight excluding hydrogens is 504 g/mol. The number of carbonyl (C=O) groups is 2. The van der Waals surface area contributed by atoms with Crippen LogP contribution in [0.3, 0.4) is 0 Å². The lowest BCUT2D eigenvalue weighted by atomic mass is 9.78. The first-order valence-corrected chi connectivity index (χ1v) is 11.3. The normalized spacial score (nSPS) is 18.2. The molecule has 31 heavy (non-hydrogen) atoms. The number of amides is 1. The van der Waals surface area contributed by atoms with Gasteiger partial charge >= 0.3 is 5.97 Å². The van der Waals surface area contributed by atoms with Gasteiger partial charge in [-0.25, -0.2) is 0 Å². The first kappa shape index (κ1) is 23.2. The van der Waals surface area contributed by atoms with Gasteiger partial charge in [-0.05, 0) is 51.3 Å². The van der Waals surface area contributed by atoms with E-state index in [4.69, 9.17) is 21.1 Å². The Hall–Kier alpha value is -2.47. The molecule has 2 aromatic rings. The van der Waals surface area contributed by atoms with Crippen LogP contribution in [0.2, 0.25) is 5.02 Å². The zero-order chi connectivity index (χ0) is 22.5. The van der Waals surface area contributed by atoms with Crippen LogP contribution in [0.4, 0.5) is 0 Å². The molecule has 2 aromatic carbocycles. The van der Waals surface area contributed by atoms with Crippen molar-refractivity contribution < 1.29 is 19.1 Å². The third kappa shape index (κ3) is 5.06. The second kappa shape index (κ2) is 10.2. The molecule has 0 radical (unpaired) electrons. The molecule has 0 saturated heterocycles. The summed E-state index contributed by atoms with van der Waals surface area (Å²) in [5.41, 5.74) is 1.90. The SMILES string of the molecule is COC(=O)[C@H]1C(=O)NC(SCc2ccc(Cl)cc2)=C(C#N)[C@@H]1c1ccc(OC)c(Br)c1. The fourth-order valence-electron chi connectivity index (χ4n) is 3.29. The number of halogens is 2. The molecule has 6 nitrogen and oxygen atoms in total. The minimum absolute atomic E-state index is 0.297. The van der Waals surface area contributed by atoms with Crippen LogP contribution in [0.25, 0.3) is 0 Å². The topological polar surface area (TPSA) is 88.4 Å². The number of allylic oxidation sites excluding steroid dienone is 1. The summed E-state index contributed by atoms with van der Waals surface area (Å²) in [6.07, 6.45) is 0. The van der Waals surface area contributed by atoms with Gasteiger partial charge in [0.2, 0.25) is 5.91 Å². The Morgan fingerprint density at radius 1 is 1.26 bits per heavy atom. The van der Waals surface area contributed by atoms with E-state index < -0.39 is 23.7 Å². The fraction of sp³-hybridized carbons (Fsp3) is 0.227.